The normalized spacial score (nSPS) is 17.3. The van der Waals surface area contributed by atoms with E-state index in [0.717, 1.165) is 32.5 Å². The molecule has 0 fully saturated rings. The van der Waals surface area contributed by atoms with Crippen LogP contribution in [-0.4, -0.2) is 33.9 Å². The van der Waals surface area contributed by atoms with Crippen molar-refractivity contribution in [2.75, 3.05) is 18.0 Å². The van der Waals surface area contributed by atoms with Gasteiger partial charge in [-0.25, -0.2) is 0 Å². The van der Waals surface area contributed by atoms with Crippen molar-refractivity contribution in [3.05, 3.63) is 48.3 Å². The van der Waals surface area contributed by atoms with E-state index >= 15 is 0 Å². The Morgan fingerprint density at radius 1 is 1.27 bits per heavy atom. The molecule has 5 nitrogen and oxygen atoms in total. The molecule has 0 saturated carbocycles. The summed E-state index contributed by atoms with van der Waals surface area (Å²) < 4.78 is 1.93. The molecule has 1 unspecified atom stereocenters. The minimum absolute atomic E-state index is 0.250. The van der Waals surface area contributed by atoms with Gasteiger partial charge in [0.2, 0.25) is 0 Å². The van der Waals surface area contributed by atoms with E-state index < -0.39 is 5.97 Å². The molecule has 0 amide bonds. The fourth-order valence-corrected chi connectivity index (χ4v) is 3.17. The van der Waals surface area contributed by atoms with E-state index in [1.165, 1.54) is 11.3 Å². The van der Waals surface area contributed by atoms with E-state index in [0.29, 0.717) is 5.92 Å². The zero-order chi connectivity index (χ0) is 15.4. The predicted octanol–water partition coefficient (Wildman–Crippen LogP) is 2.43. The molecule has 1 atom stereocenters. The van der Waals surface area contributed by atoms with Crippen molar-refractivity contribution >= 4 is 11.7 Å². The zero-order valence-electron chi connectivity index (χ0n) is 12.6. The summed E-state index contributed by atoms with van der Waals surface area (Å²) in [7, 11) is 0. The Balaban J connectivity index is 1.70. The molecule has 3 rings (SSSR count). The highest BCUT2D eigenvalue weighted by molar-refractivity contribution is 5.66. The van der Waals surface area contributed by atoms with Crippen molar-refractivity contribution < 1.29 is 9.90 Å². The maximum Gasteiger partial charge on any atom is 0.303 e. The number of carbonyl (C=O) groups is 1. The van der Waals surface area contributed by atoms with Crippen LogP contribution in [0.3, 0.4) is 0 Å². The van der Waals surface area contributed by atoms with Crippen molar-refractivity contribution in [1.29, 1.82) is 0 Å². The van der Waals surface area contributed by atoms with Gasteiger partial charge in [-0.2, -0.15) is 5.10 Å². The van der Waals surface area contributed by atoms with E-state index in [9.17, 15) is 4.79 Å². The van der Waals surface area contributed by atoms with Crippen molar-refractivity contribution in [2.24, 2.45) is 5.92 Å². The minimum Gasteiger partial charge on any atom is -0.481 e. The van der Waals surface area contributed by atoms with Crippen molar-refractivity contribution in [3.63, 3.8) is 0 Å². The Morgan fingerprint density at radius 2 is 2.14 bits per heavy atom. The van der Waals surface area contributed by atoms with Crippen LogP contribution in [0.5, 0.6) is 0 Å². The first kappa shape index (κ1) is 14.6. The summed E-state index contributed by atoms with van der Waals surface area (Å²) in [5, 5.41) is 13.2. The van der Waals surface area contributed by atoms with E-state index in [1.807, 2.05) is 16.9 Å². The monoisotopic (exact) mass is 299 g/mol. The molecule has 0 spiro atoms. The third-order valence-electron chi connectivity index (χ3n) is 4.24. The number of hydrogen-bond donors (Lipinski definition) is 1. The maximum atomic E-state index is 10.8. The lowest BCUT2D eigenvalue weighted by molar-refractivity contribution is -0.137. The molecular weight excluding hydrogens is 278 g/mol. The number of carboxylic acid groups (broad SMARTS) is 1. The highest BCUT2D eigenvalue weighted by Gasteiger charge is 2.24. The number of carboxylic acids is 1. The summed E-state index contributed by atoms with van der Waals surface area (Å²) in [6.45, 7) is 2.65. The first-order valence-electron chi connectivity index (χ1n) is 7.74. The summed E-state index contributed by atoms with van der Waals surface area (Å²) >= 11 is 0. The van der Waals surface area contributed by atoms with Crippen LogP contribution in [0.25, 0.3) is 0 Å². The fraction of sp³-hybridized carbons (Fsp3) is 0.412. The van der Waals surface area contributed by atoms with Gasteiger partial charge in [0.25, 0.3) is 0 Å². The molecule has 5 heteroatoms. The van der Waals surface area contributed by atoms with Crippen molar-refractivity contribution in [2.45, 2.75) is 25.8 Å². The lowest BCUT2D eigenvalue weighted by Crippen LogP contribution is -2.37. The van der Waals surface area contributed by atoms with Gasteiger partial charge >= 0.3 is 5.97 Å². The lowest BCUT2D eigenvalue weighted by atomic mass is 9.89. The molecule has 0 radical (unpaired) electrons. The first-order valence-corrected chi connectivity index (χ1v) is 7.74. The second kappa shape index (κ2) is 6.64. The molecule has 1 aliphatic rings. The SMILES string of the molecule is O=C(O)CCC1Cc2ccccc2N(CCn2cccn2)C1. The number of aliphatic carboxylic acids is 1. The zero-order valence-corrected chi connectivity index (χ0v) is 12.6. The third kappa shape index (κ3) is 3.47. The number of rotatable bonds is 6. The number of benzene rings is 1. The molecule has 2 heterocycles. The third-order valence-corrected chi connectivity index (χ3v) is 4.24. The molecular formula is C17H21N3O2. The van der Waals surface area contributed by atoms with Crippen molar-refractivity contribution in [1.82, 2.24) is 9.78 Å². The lowest BCUT2D eigenvalue weighted by Gasteiger charge is -2.36. The summed E-state index contributed by atoms with van der Waals surface area (Å²) in [4.78, 5) is 13.2. The Kier molecular flexibility index (Phi) is 4.42. The van der Waals surface area contributed by atoms with Gasteiger partial charge in [-0.05, 0) is 36.5 Å². The second-order valence-corrected chi connectivity index (χ2v) is 5.85. The smallest absolute Gasteiger partial charge is 0.303 e. The Labute approximate surface area is 130 Å². The van der Waals surface area contributed by atoms with Crippen LogP contribution < -0.4 is 4.90 Å². The Bertz CT molecular complexity index is 625. The van der Waals surface area contributed by atoms with Gasteiger partial charge in [-0.3, -0.25) is 9.48 Å². The van der Waals surface area contributed by atoms with Crippen LogP contribution in [0.1, 0.15) is 18.4 Å². The summed E-state index contributed by atoms with van der Waals surface area (Å²) in [6, 6.07) is 10.4. The van der Waals surface area contributed by atoms with Crippen LogP contribution in [0.15, 0.2) is 42.7 Å². The number of nitrogens with zero attached hydrogens (tertiary/aromatic N) is 3. The molecule has 2 aromatic rings. The molecule has 1 aromatic carbocycles. The van der Waals surface area contributed by atoms with E-state index in [4.69, 9.17) is 5.11 Å². The topological polar surface area (TPSA) is 58.4 Å². The van der Waals surface area contributed by atoms with E-state index in [-0.39, 0.29) is 6.42 Å². The Hall–Kier alpha value is -2.30. The first-order chi connectivity index (χ1) is 10.7. The standard InChI is InChI=1S/C17H21N3O2/c21-17(22)7-6-14-12-15-4-1-2-5-16(15)19(13-14)10-11-20-9-3-8-18-20/h1-5,8-9,14H,6-7,10-13H2,(H,21,22). The van der Waals surface area contributed by atoms with Gasteiger partial charge in [0.05, 0.1) is 6.54 Å². The van der Waals surface area contributed by atoms with Crippen LogP contribution in [-0.2, 0) is 17.8 Å². The van der Waals surface area contributed by atoms with Crippen LogP contribution in [0, 0.1) is 5.92 Å². The van der Waals surface area contributed by atoms with Crippen LogP contribution in [0.4, 0.5) is 5.69 Å². The molecule has 0 aliphatic carbocycles. The van der Waals surface area contributed by atoms with E-state index in [2.05, 4.69) is 34.3 Å². The van der Waals surface area contributed by atoms with Gasteiger partial charge in [-0.15, -0.1) is 0 Å². The highest BCUT2D eigenvalue weighted by atomic mass is 16.4. The summed E-state index contributed by atoms with van der Waals surface area (Å²) in [6.07, 6.45) is 5.72. The number of hydrogen-bond acceptors (Lipinski definition) is 3. The molecule has 1 aromatic heterocycles. The number of aromatic nitrogens is 2. The van der Waals surface area contributed by atoms with Crippen molar-refractivity contribution in [3.8, 4) is 0 Å². The van der Waals surface area contributed by atoms with Gasteiger partial charge in [0.1, 0.15) is 0 Å². The van der Waals surface area contributed by atoms with E-state index in [1.54, 1.807) is 6.20 Å². The molecule has 0 bridgehead atoms. The Morgan fingerprint density at radius 3 is 2.91 bits per heavy atom. The van der Waals surface area contributed by atoms with Crippen LogP contribution in [0.2, 0.25) is 0 Å². The number of anilines is 1. The molecule has 0 saturated heterocycles. The van der Waals surface area contributed by atoms with Gasteiger partial charge in [0, 0.05) is 37.6 Å². The largest absolute Gasteiger partial charge is 0.481 e. The maximum absolute atomic E-state index is 10.8. The second-order valence-electron chi connectivity index (χ2n) is 5.85. The average molecular weight is 299 g/mol. The molecule has 1 N–H and O–H groups in total. The quantitative estimate of drug-likeness (QED) is 0.890. The summed E-state index contributed by atoms with van der Waals surface area (Å²) in [5.74, 6) is -0.300. The van der Waals surface area contributed by atoms with Gasteiger partial charge in [-0.1, -0.05) is 18.2 Å². The minimum atomic E-state index is -0.707. The summed E-state index contributed by atoms with van der Waals surface area (Å²) in [5.41, 5.74) is 2.60. The highest BCUT2D eigenvalue weighted by Crippen LogP contribution is 2.31. The molecule has 1 aliphatic heterocycles. The fourth-order valence-electron chi connectivity index (χ4n) is 3.17. The molecule has 22 heavy (non-hydrogen) atoms. The van der Waals surface area contributed by atoms with Gasteiger partial charge < -0.3 is 10.0 Å². The van der Waals surface area contributed by atoms with Crippen LogP contribution >= 0.6 is 0 Å². The average Bonchev–Trinajstić information content (AvgIpc) is 3.04. The van der Waals surface area contributed by atoms with Gasteiger partial charge in [0.15, 0.2) is 0 Å². The molecule has 116 valence electrons. The number of para-hydroxylation sites is 1. The number of fused-ring (bicyclic) bond motifs is 1. The predicted molar refractivity (Wildman–Crippen MR) is 84.9 cm³/mol.